The summed E-state index contributed by atoms with van der Waals surface area (Å²) in [4.78, 5) is 18.1. The van der Waals surface area contributed by atoms with Crippen molar-refractivity contribution in [3.05, 3.63) is 30.3 Å². The van der Waals surface area contributed by atoms with E-state index in [0.29, 0.717) is 30.8 Å². The van der Waals surface area contributed by atoms with Gasteiger partial charge in [-0.2, -0.15) is 4.31 Å². The summed E-state index contributed by atoms with van der Waals surface area (Å²) in [6.45, 7) is 3.50. The molecule has 1 aromatic carbocycles. The lowest BCUT2D eigenvalue weighted by molar-refractivity contribution is -0.142. The molecule has 6 nitrogen and oxygen atoms in total. The Balaban J connectivity index is 1.61. The van der Waals surface area contributed by atoms with Gasteiger partial charge in [-0.1, -0.05) is 18.2 Å². The molecular formula is C20H29N3O3S. The minimum Gasteiger partial charge on any atom is -0.342 e. The molecule has 3 aliphatic rings. The van der Waals surface area contributed by atoms with E-state index in [0.717, 1.165) is 38.9 Å². The van der Waals surface area contributed by atoms with Crippen LogP contribution in [0.5, 0.6) is 0 Å². The quantitative estimate of drug-likeness (QED) is 0.788. The Morgan fingerprint density at radius 2 is 1.67 bits per heavy atom. The number of hydrogen-bond acceptors (Lipinski definition) is 4. The summed E-state index contributed by atoms with van der Waals surface area (Å²) in [5.41, 5.74) is -0.431. The molecule has 1 aromatic rings. The van der Waals surface area contributed by atoms with Crippen molar-refractivity contribution in [2.24, 2.45) is 5.41 Å². The first-order valence-electron chi connectivity index (χ1n) is 10.00. The second-order valence-electron chi connectivity index (χ2n) is 8.16. The van der Waals surface area contributed by atoms with E-state index in [2.05, 4.69) is 11.9 Å². The summed E-state index contributed by atoms with van der Waals surface area (Å²) in [7, 11) is -1.44. The number of hydrogen-bond donors (Lipinski definition) is 0. The Morgan fingerprint density at radius 3 is 2.37 bits per heavy atom. The van der Waals surface area contributed by atoms with Gasteiger partial charge in [0.25, 0.3) is 0 Å². The monoisotopic (exact) mass is 391 g/mol. The Bertz CT molecular complexity index is 792. The maximum atomic E-state index is 13.5. The molecule has 0 radical (unpaired) electrons. The van der Waals surface area contributed by atoms with Crippen molar-refractivity contribution in [1.29, 1.82) is 0 Å². The van der Waals surface area contributed by atoms with Crippen molar-refractivity contribution >= 4 is 15.9 Å². The molecule has 7 heteroatoms. The van der Waals surface area contributed by atoms with Gasteiger partial charge < -0.3 is 9.80 Å². The van der Waals surface area contributed by atoms with Crippen LogP contribution in [0.1, 0.15) is 32.1 Å². The normalized spacial score (nSPS) is 30.3. The molecule has 0 aromatic heterocycles. The molecule has 0 spiro atoms. The first kappa shape index (κ1) is 18.9. The predicted molar refractivity (Wildman–Crippen MR) is 104 cm³/mol. The minimum atomic E-state index is -3.52. The van der Waals surface area contributed by atoms with E-state index < -0.39 is 15.4 Å². The summed E-state index contributed by atoms with van der Waals surface area (Å²) < 4.78 is 27.8. The van der Waals surface area contributed by atoms with Gasteiger partial charge in [0.2, 0.25) is 15.9 Å². The number of nitrogens with zero attached hydrogens (tertiary/aromatic N) is 3. The second-order valence-corrected chi connectivity index (χ2v) is 10.1. The molecule has 3 fully saturated rings. The molecule has 0 unspecified atom stereocenters. The Labute approximate surface area is 162 Å². The van der Waals surface area contributed by atoms with Crippen LogP contribution in [0.3, 0.4) is 0 Å². The van der Waals surface area contributed by atoms with Crippen molar-refractivity contribution in [2.45, 2.75) is 43.0 Å². The molecule has 148 valence electrons. The molecule has 0 aliphatic carbocycles. The van der Waals surface area contributed by atoms with E-state index in [1.807, 2.05) is 11.0 Å². The van der Waals surface area contributed by atoms with Crippen LogP contribution in [0.25, 0.3) is 0 Å². The highest BCUT2D eigenvalue weighted by Gasteiger charge is 2.54. The molecule has 3 heterocycles. The van der Waals surface area contributed by atoms with Gasteiger partial charge >= 0.3 is 0 Å². The summed E-state index contributed by atoms with van der Waals surface area (Å²) in [6.07, 6.45) is 4.32. The number of fused-ring (bicyclic) bond motifs is 1. The van der Waals surface area contributed by atoms with Crippen LogP contribution in [-0.4, -0.2) is 74.2 Å². The summed E-state index contributed by atoms with van der Waals surface area (Å²) in [5.74, 6) is 0.258. The van der Waals surface area contributed by atoms with Gasteiger partial charge in [-0.25, -0.2) is 8.42 Å². The molecule has 1 amide bonds. The molecule has 0 bridgehead atoms. The number of amides is 1. The van der Waals surface area contributed by atoms with Crippen LogP contribution in [-0.2, 0) is 14.8 Å². The topological polar surface area (TPSA) is 60.9 Å². The van der Waals surface area contributed by atoms with Crippen molar-refractivity contribution in [3.8, 4) is 0 Å². The van der Waals surface area contributed by atoms with Gasteiger partial charge in [0, 0.05) is 32.2 Å². The fraction of sp³-hybridized carbons (Fsp3) is 0.650. The number of benzene rings is 1. The van der Waals surface area contributed by atoms with Crippen molar-refractivity contribution in [3.63, 3.8) is 0 Å². The van der Waals surface area contributed by atoms with E-state index in [-0.39, 0.29) is 11.9 Å². The van der Waals surface area contributed by atoms with Crippen molar-refractivity contribution < 1.29 is 13.2 Å². The summed E-state index contributed by atoms with van der Waals surface area (Å²) >= 11 is 0. The SMILES string of the molecule is CN1CC[C@@]2(C(=O)N3CCCC3)CCN(S(=O)(=O)c3ccccc3)CC[C@H]12. The molecular weight excluding hydrogens is 362 g/mol. The molecule has 4 rings (SSSR count). The molecule has 0 N–H and O–H groups in total. The zero-order valence-corrected chi connectivity index (χ0v) is 16.8. The maximum absolute atomic E-state index is 13.5. The highest BCUT2D eigenvalue weighted by molar-refractivity contribution is 7.89. The first-order chi connectivity index (χ1) is 12.9. The lowest BCUT2D eigenvalue weighted by Crippen LogP contribution is -2.49. The van der Waals surface area contributed by atoms with Crippen molar-refractivity contribution in [2.75, 3.05) is 39.8 Å². The number of rotatable bonds is 3. The van der Waals surface area contributed by atoms with Gasteiger partial charge in [0.15, 0.2) is 0 Å². The molecule has 0 saturated carbocycles. The van der Waals surface area contributed by atoms with Gasteiger partial charge in [-0.3, -0.25) is 4.79 Å². The summed E-state index contributed by atoms with van der Waals surface area (Å²) in [6, 6.07) is 8.76. The molecule has 3 saturated heterocycles. The highest BCUT2D eigenvalue weighted by Crippen LogP contribution is 2.45. The smallest absolute Gasteiger partial charge is 0.243 e. The molecule has 2 atom stereocenters. The van der Waals surface area contributed by atoms with Crippen LogP contribution >= 0.6 is 0 Å². The first-order valence-corrected chi connectivity index (χ1v) is 11.4. The zero-order chi connectivity index (χ0) is 19.1. The number of carbonyl (C=O) groups excluding carboxylic acids is 1. The Kier molecular flexibility index (Phi) is 5.03. The largest absolute Gasteiger partial charge is 0.342 e. The van der Waals surface area contributed by atoms with E-state index in [4.69, 9.17) is 0 Å². The second kappa shape index (κ2) is 7.18. The van der Waals surface area contributed by atoms with Crippen LogP contribution in [0.2, 0.25) is 0 Å². The minimum absolute atomic E-state index is 0.126. The van der Waals surface area contributed by atoms with E-state index in [1.165, 1.54) is 0 Å². The summed E-state index contributed by atoms with van der Waals surface area (Å²) in [5, 5.41) is 0. The van der Waals surface area contributed by atoms with E-state index in [9.17, 15) is 13.2 Å². The third-order valence-corrected chi connectivity index (χ3v) is 8.65. The van der Waals surface area contributed by atoms with E-state index in [1.54, 1.807) is 28.6 Å². The lowest BCUT2D eigenvalue weighted by atomic mass is 9.75. The zero-order valence-electron chi connectivity index (χ0n) is 16.0. The number of sulfonamides is 1. The van der Waals surface area contributed by atoms with Crippen LogP contribution in [0.15, 0.2) is 35.2 Å². The maximum Gasteiger partial charge on any atom is 0.243 e. The fourth-order valence-corrected chi connectivity index (χ4v) is 6.66. The fourth-order valence-electron chi connectivity index (χ4n) is 5.18. The van der Waals surface area contributed by atoms with Gasteiger partial charge in [-0.05, 0) is 57.8 Å². The molecule has 3 aliphatic heterocycles. The average Bonchev–Trinajstić information content (AvgIpc) is 3.26. The van der Waals surface area contributed by atoms with Crippen molar-refractivity contribution in [1.82, 2.24) is 14.1 Å². The highest BCUT2D eigenvalue weighted by atomic mass is 32.2. The predicted octanol–water partition coefficient (Wildman–Crippen LogP) is 1.78. The Hall–Kier alpha value is -1.44. The third-order valence-electron chi connectivity index (χ3n) is 6.74. The van der Waals surface area contributed by atoms with Gasteiger partial charge in [0.05, 0.1) is 10.3 Å². The Morgan fingerprint density at radius 1 is 1.00 bits per heavy atom. The van der Waals surface area contributed by atoms with Crippen LogP contribution < -0.4 is 0 Å². The van der Waals surface area contributed by atoms with E-state index >= 15 is 0 Å². The third kappa shape index (κ3) is 3.19. The van der Waals surface area contributed by atoms with Crippen LogP contribution in [0, 0.1) is 5.41 Å². The average molecular weight is 392 g/mol. The lowest BCUT2D eigenvalue weighted by Gasteiger charge is -2.37. The molecule has 27 heavy (non-hydrogen) atoms. The van der Waals surface area contributed by atoms with Crippen LogP contribution in [0.4, 0.5) is 0 Å². The standard InChI is InChI=1S/C20H29N3O3S/c1-21-15-10-20(19(24)22-12-5-6-13-22)11-16-23(14-9-18(20)21)27(25,26)17-7-3-2-4-8-17/h2-4,7-8,18H,5-6,9-16H2,1H3/t18-,20+/m0/s1. The number of likely N-dealkylation sites (tertiary alicyclic amines) is 2. The number of carbonyl (C=O) groups is 1. The van der Waals surface area contributed by atoms with Gasteiger partial charge in [0.1, 0.15) is 0 Å². The van der Waals surface area contributed by atoms with Gasteiger partial charge in [-0.15, -0.1) is 0 Å².